The van der Waals surface area contributed by atoms with Gasteiger partial charge < -0.3 is 9.32 Å². The maximum absolute atomic E-state index is 12.7. The summed E-state index contributed by atoms with van der Waals surface area (Å²) < 4.78 is 5.47. The smallest absolute Gasteiger partial charge is 0.261 e. The maximum Gasteiger partial charge on any atom is 0.261 e. The zero-order valence-electron chi connectivity index (χ0n) is 12.8. The molecule has 2 aromatic rings. The van der Waals surface area contributed by atoms with Crippen molar-refractivity contribution >= 4 is 11.6 Å². The van der Waals surface area contributed by atoms with Crippen molar-refractivity contribution in [2.45, 2.75) is 34.6 Å². The first-order chi connectivity index (χ1) is 9.43. The minimum atomic E-state index is -0.00574. The number of furan rings is 1. The fourth-order valence-electron chi connectivity index (χ4n) is 2.52. The van der Waals surface area contributed by atoms with E-state index in [4.69, 9.17) is 4.42 Å². The Balaban J connectivity index is 2.42. The second kappa shape index (κ2) is 5.53. The van der Waals surface area contributed by atoms with Gasteiger partial charge in [0.15, 0.2) is 0 Å². The molecule has 106 valence electrons. The molecule has 0 aliphatic carbocycles. The maximum atomic E-state index is 12.7. The van der Waals surface area contributed by atoms with E-state index in [1.54, 1.807) is 4.90 Å². The molecule has 1 aromatic heterocycles. The van der Waals surface area contributed by atoms with Crippen LogP contribution in [-0.2, 0) is 0 Å². The van der Waals surface area contributed by atoms with Crippen molar-refractivity contribution in [2.24, 2.45) is 0 Å². The fraction of sp³-hybridized carbons (Fsp3) is 0.353. The van der Waals surface area contributed by atoms with Crippen LogP contribution in [0.1, 0.15) is 39.9 Å². The molecule has 3 nitrogen and oxygen atoms in total. The standard InChI is InChI=1S/C17H21NO2/c1-6-18(16-8-7-11(2)9-12(16)3)17(19)15-10-13(4)20-14(15)5/h7-10H,6H2,1-5H3. The third-order valence-electron chi connectivity index (χ3n) is 3.48. The fourth-order valence-corrected chi connectivity index (χ4v) is 2.52. The second-order valence-corrected chi connectivity index (χ2v) is 5.17. The van der Waals surface area contributed by atoms with Gasteiger partial charge >= 0.3 is 0 Å². The molecule has 1 amide bonds. The summed E-state index contributed by atoms with van der Waals surface area (Å²) in [6.07, 6.45) is 0. The molecule has 2 rings (SSSR count). The Morgan fingerprint density at radius 1 is 1.15 bits per heavy atom. The number of aryl methyl sites for hydroxylation is 4. The Morgan fingerprint density at radius 2 is 1.85 bits per heavy atom. The SMILES string of the molecule is CCN(C(=O)c1cc(C)oc1C)c1ccc(C)cc1C. The number of anilines is 1. The van der Waals surface area contributed by atoms with Gasteiger partial charge in [0.05, 0.1) is 5.56 Å². The molecule has 1 aromatic carbocycles. The number of hydrogen-bond donors (Lipinski definition) is 0. The van der Waals surface area contributed by atoms with E-state index >= 15 is 0 Å². The summed E-state index contributed by atoms with van der Waals surface area (Å²) in [6, 6.07) is 7.95. The van der Waals surface area contributed by atoms with Crippen molar-refractivity contribution in [3.05, 3.63) is 52.5 Å². The lowest BCUT2D eigenvalue weighted by molar-refractivity contribution is 0.0986. The third kappa shape index (κ3) is 2.62. The van der Waals surface area contributed by atoms with Gasteiger partial charge in [0.2, 0.25) is 0 Å². The quantitative estimate of drug-likeness (QED) is 0.839. The molecule has 0 bridgehead atoms. The average molecular weight is 271 g/mol. The monoisotopic (exact) mass is 271 g/mol. The van der Waals surface area contributed by atoms with Crippen LogP contribution < -0.4 is 4.90 Å². The molecule has 20 heavy (non-hydrogen) atoms. The van der Waals surface area contributed by atoms with Crippen LogP contribution in [0.4, 0.5) is 5.69 Å². The second-order valence-electron chi connectivity index (χ2n) is 5.17. The highest BCUT2D eigenvalue weighted by Gasteiger charge is 2.21. The zero-order chi connectivity index (χ0) is 14.9. The van der Waals surface area contributed by atoms with Gasteiger partial charge in [0.25, 0.3) is 5.91 Å². The van der Waals surface area contributed by atoms with E-state index in [0.717, 1.165) is 17.0 Å². The first-order valence-corrected chi connectivity index (χ1v) is 6.90. The van der Waals surface area contributed by atoms with E-state index in [9.17, 15) is 4.79 Å². The van der Waals surface area contributed by atoms with Crippen LogP contribution in [0.5, 0.6) is 0 Å². The van der Waals surface area contributed by atoms with E-state index in [1.165, 1.54) is 5.56 Å². The van der Waals surface area contributed by atoms with Gasteiger partial charge in [-0.25, -0.2) is 0 Å². The minimum Gasteiger partial charge on any atom is -0.466 e. The van der Waals surface area contributed by atoms with Crippen LogP contribution >= 0.6 is 0 Å². The molecule has 0 aliphatic rings. The van der Waals surface area contributed by atoms with Gasteiger partial charge in [0.1, 0.15) is 11.5 Å². The summed E-state index contributed by atoms with van der Waals surface area (Å²) in [4.78, 5) is 14.5. The number of amides is 1. The number of nitrogens with zero attached hydrogens (tertiary/aromatic N) is 1. The van der Waals surface area contributed by atoms with Crippen molar-refractivity contribution < 1.29 is 9.21 Å². The summed E-state index contributed by atoms with van der Waals surface area (Å²) in [7, 11) is 0. The molecule has 0 aliphatic heterocycles. The molecule has 0 saturated heterocycles. The van der Waals surface area contributed by atoms with E-state index in [1.807, 2.05) is 45.9 Å². The van der Waals surface area contributed by atoms with Crippen LogP contribution in [0.3, 0.4) is 0 Å². The number of hydrogen-bond acceptors (Lipinski definition) is 2. The molecule has 0 atom stereocenters. The van der Waals surface area contributed by atoms with E-state index in [2.05, 4.69) is 13.0 Å². The van der Waals surface area contributed by atoms with Gasteiger partial charge in [-0.05, 0) is 52.3 Å². The van der Waals surface area contributed by atoms with Crippen LogP contribution in [0.15, 0.2) is 28.7 Å². The summed E-state index contributed by atoms with van der Waals surface area (Å²) in [5.41, 5.74) is 3.91. The predicted molar refractivity (Wildman–Crippen MR) is 81.4 cm³/mol. The largest absolute Gasteiger partial charge is 0.466 e. The lowest BCUT2D eigenvalue weighted by Crippen LogP contribution is -2.31. The predicted octanol–water partition coefficient (Wildman–Crippen LogP) is 4.18. The van der Waals surface area contributed by atoms with E-state index < -0.39 is 0 Å². The molecule has 0 spiro atoms. The Morgan fingerprint density at radius 3 is 2.35 bits per heavy atom. The first kappa shape index (κ1) is 14.4. The summed E-state index contributed by atoms with van der Waals surface area (Å²) in [5.74, 6) is 1.44. The topological polar surface area (TPSA) is 33.5 Å². The van der Waals surface area contributed by atoms with Crippen LogP contribution in [0.2, 0.25) is 0 Å². The van der Waals surface area contributed by atoms with E-state index in [0.29, 0.717) is 17.9 Å². The highest BCUT2D eigenvalue weighted by Crippen LogP contribution is 2.24. The van der Waals surface area contributed by atoms with Crippen molar-refractivity contribution in [3.8, 4) is 0 Å². The Bertz CT molecular complexity index is 640. The van der Waals surface area contributed by atoms with Gasteiger partial charge in [-0.3, -0.25) is 4.79 Å². The van der Waals surface area contributed by atoms with Crippen molar-refractivity contribution in [2.75, 3.05) is 11.4 Å². The number of carbonyl (C=O) groups is 1. The first-order valence-electron chi connectivity index (χ1n) is 6.90. The molecule has 0 radical (unpaired) electrons. The Hall–Kier alpha value is -2.03. The number of carbonyl (C=O) groups excluding carboxylic acids is 1. The van der Waals surface area contributed by atoms with Gasteiger partial charge in [0, 0.05) is 12.2 Å². The highest BCUT2D eigenvalue weighted by atomic mass is 16.3. The third-order valence-corrected chi connectivity index (χ3v) is 3.48. The van der Waals surface area contributed by atoms with Crippen LogP contribution in [0, 0.1) is 27.7 Å². The average Bonchev–Trinajstić information content (AvgIpc) is 2.71. The molecule has 3 heteroatoms. The summed E-state index contributed by atoms with van der Waals surface area (Å²) >= 11 is 0. The number of rotatable bonds is 3. The molecule has 0 fully saturated rings. The lowest BCUT2D eigenvalue weighted by atomic mass is 10.1. The van der Waals surface area contributed by atoms with Gasteiger partial charge in [-0.15, -0.1) is 0 Å². The molecule has 1 heterocycles. The molecule has 0 unspecified atom stereocenters. The zero-order valence-corrected chi connectivity index (χ0v) is 12.8. The molecule has 0 saturated carbocycles. The Kier molecular flexibility index (Phi) is 3.98. The molecular weight excluding hydrogens is 250 g/mol. The summed E-state index contributed by atoms with van der Waals surface area (Å²) in [6.45, 7) is 10.4. The van der Waals surface area contributed by atoms with Crippen molar-refractivity contribution in [1.82, 2.24) is 0 Å². The van der Waals surface area contributed by atoms with Crippen LogP contribution in [-0.4, -0.2) is 12.5 Å². The van der Waals surface area contributed by atoms with Crippen LogP contribution in [0.25, 0.3) is 0 Å². The highest BCUT2D eigenvalue weighted by molar-refractivity contribution is 6.07. The molecular formula is C17H21NO2. The van der Waals surface area contributed by atoms with Gasteiger partial charge in [-0.2, -0.15) is 0 Å². The van der Waals surface area contributed by atoms with E-state index in [-0.39, 0.29) is 5.91 Å². The molecule has 0 N–H and O–H groups in total. The summed E-state index contributed by atoms with van der Waals surface area (Å²) in [5, 5.41) is 0. The normalized spacial score (nSPS) is 10.7. The lowest BCUT2D eigenvalue weighted by Gasteiger charge is -2.23. The van der Waals surface area contributed by atoms with Crippen molar-refractivity contribution in [3.63, 3.8) is 0 Å². The van der Waals surface area contributed by atoms with Gasteiger partial charge in [-0.1, -0.05) is 17.7 Å². The minimum absolute atomic E-state index is 0.00574. The number of benzene rings is 1. The Labute approximate surface area is 120 Å². The van der Waals surface area contributed by atoms with Crippen molar-refractivity contribution in [1.29, 1.82) is 0 Å².